The van der Waals surface area contributed by atoms with Gasteiger partial charge in [0, 0.05) is 43.9 Å². The molecule has 1 aromatic heterocycles. The Hall–Kier alpha value is -3.13. The van der Waals surface area contributed by atoms with Gasteiger partial charge in [0.05, 0.1) is 16.3 Å². The Morgan fingerprint density at radius 3 is 2.34 bits per heavy atom. The zero-order chi connectivity index (χ0) is 23.5. The summed E-state index contributed by atoms with van der Waals surface area (Å²) in [5.74, 6) is -0.0188. The molecule has 3 aromatic rings. The van der Waals surface area contributed by atoms with Crippen LogP contribution in [0.5, 0.6) is 0 Å². The van der Waals surface area contributed by atoms with Gasteiger partial charge >= 0.3 is 0 Å². The average molecular weight is 456 g/mol. The van der Waals surface area contributed by atoms with Crippen LogP contribution in [-0.2, 0) is 21.2 Å². The van der Waals surface area contributed by atoms with Crippen molar-refractivity contribution in [2.45, 2.75) is 38.6 Å². The molecule has 0 bridgehead atoms. The second-order valence-electron chi connectivity index (χ2n) is 8.11. The molecule has 0 aliphatic carbocycles. The number of sulfone groups is 1. The Labute approximate surface area is 189 Å². The number of amides is 1. The number of carbonyl (C=O) groups excluding carboxylic acids is 1. The van der Waals surface area contributed by atoms with Crippen LogP contribution >= 0.6 is 0 Å². The van der Waals surface area contributed by atoms with Gasteiger partial charge in [-0.1, -0.05) is 29.4 Å². The highest BCUT2D eigenvalue weighted by molar-refractivity contribution is 7.91. The van der Waals surface area contributed by atoms with Gasteiger partial charge in [-0.2, -0.15) is 0 Å². The van der Waals surface area contributed by atoms with E-state index in [-0.39, 0.29) is 23.0 Å². The molecule has 0 aliphatic rings. The van der Waals surface area contributed by atoms with Gasteiger partial charge in [-0.15, -0.1) is 0 Å². The predicted octanol–water partition coefficient (Wildman–Crippen LogP) is 3.81. The summed E-state index contributed by atoms with van der Waals surface area (Å²) in [5, 5.41) is 6.74. The molecule has 1 amide bonds. The molecule has 7 nitrogen and oxygen atoms in total. The van der Waals surface area contributed by atoms with Crippen molar-refractivity contribution >= 4 is 21.4 Å². The van der Waals surface area contributed by atoms with E-state index < -0.39 is 9.84 Å². The largest absolute Gasteiger partial charge is 0.378 e. The van der Waals surface area contributed by atoms with Gasteiger partial charge in [0.1, 0.15) is 0 Å². The van der Waals surface area contributed by atoms with Crippen LogP contribution in [0, 0.1) is 20.8 Å². The molecule has 0 atom stereocenters. The highest BCUT2D eigenvalue weighted by Gasteiger charge is 2.21. The van der Waals surface area contributed by atoms with Crippen molar-refractivity contribution in [1.29, 1.82) is 0 Å². The monoisotopic (exact) mass is 455 g/mol. The molecule has 8 heteroatoms. The molecular formula is C24H29N3O4S. The lowest BCUT2D eigenvalue weighted by atomic mass is 10.1. The second kappa shape index (κ2) is 9.56. The van der Waals surface area contributed by atoms with E-state index in [0.717, 1.165) is 22.5 Å². The fourth-order valence-electron chi connectivity index (χ4n) is 3.30. The number of benzene rings is 2. The molecule has 2 aromatic carbocycles. The van der Waals surface area contributed by atoms with Crippen molar-refractivity contribution in [3.05, 3.63) is 64.8 Å². The molecule has 0 fully saturated rings. The summed E-state index contributed by atoms with van der Waals surface area (Å²) in [6.45, 7) is 5.81. The number of aryl methyl sites for hydroxylation is 2. The minimum absolute atomic E-state index is 0.109. The van der Waals surface area contributed by atoms with Crippen molar-refractivity contribution in [3.8, 4) is 11.3 Å². The van der Waals surface area contributed by atoms with E-state index in [2.05, 4.69) is 10.5 Å². The van der Waals surface area contributed by atoms with Crippen molar-refractivity contribution in [2.24, 2.45) is 0 Å². The Kier molecular flexibility index (Phi) is 7.03. The van der Waals surface area contributed by atoms with Gasteiger partial charge in [0.25, 0.3) is 0 Å². The zero-order valence-corrected chi connectivity index (χ0v) is 19.9. The first-order valence-corrected chi connectivity index (χ1v) is 12.0. The van der Waals surface area contributed by atoms with E-state index >= 15 is 0 Å². The van der Waals surface area contributed by atoms with E-state index in [9.17, 15) is 13.2 Å². The summed E-state index contributed by atoms with van der Waals surface area (Å²) < 4.78 is 31.3. The zero-order valence-electron chi connectivity index (χ0n) is 19.1. The van der Waals surface area contributed by atoms with E-state index in [4.69, 9.17) is 4.52 Å². The van der Waals surface area contributed by atoms with E-state index in [1.165, 1.54) is 0 Å². The van der Waals surface area contributed by atoms with Gasteiger partial charge in [-0.05, 0) is 50.1 Å². The molecular weight excluding hydrogens is 426 g/mol. The molecule has 0 unspecified atom stereocenters. The van der Waals surface area contributed by atoms with Gasteiger partial charge in [0.15, 0.2) is 15.6 Å². The van der Waals surface area contributed by atoms with Gasteiger partial charge in [-0.3, -0.25) is 4.79 Å². The normalized spacial score (nSPS) is 11.4. The molecule has 0 radical (unpaired) electrons. The minimum Gasteiger partial charge on any atom is -0.378 e. The summed E-state index contributed by atoms with van der Waals surface area (Å²) in [5.41, 5.74) is 4.93. The summed E-state index contributed by atoms with van der Waals surface area (Å²) in [4.78, 5) is 14.5. The van der Waals surface area contributed by atoms with Crippen LogP contribution in [0.4, 0.5) is 5.69 Å². The maximum absolute atomic E-state index is 13.0. The van der Waals surface area contributed by atoms with Crippen molar-refractivity contribution in [3.63, 3.8) is 0 Å². The number of anilines is 1. The first-order chi connectivity index (χ1) is 15.1. The first-order valence-electron chi connectivity index (χ1n) is 10.4. The third kappa shape index (κ3) is 5.37. The highest BCUT2D eigenvalue weighted by Crippen LogP contribution is 2.29. The number of nitrogens with zero attached hydrogens (tertiary/aromatic N) is 2. The standard InChI is InChI=1S/C24H29N3O4S/c1-16-6-9-20(24-17(2)18(3)26-31-24)14-22(16)32(29,30)13-12-23(28)25-15-19-7-10-21(11-8-19)27(4)5/h6-11,14H,12-13,15H2,1-5H3,(H,25,28). The summed E-state index contributed by atoms with van der Waals surface area (Å²) >= 11 is 0. The number of rotatable bonds is 8. The molecule has 1 N–H and O–H groups in total. The maximum atomic E-state index is 13.0. The van der Waals surface area contributed by atoms with Gasteiger partial charge in [-0.25, -0.2) is 8.42 Å². The summed E-state index contributed by atoms with van der Waals surface area (Å²) in [7, 11) is 0.272. The van der Waals surface area contributed by atoms with Gasteiger partial charge in [0.2, 0.25) is 5.91 Å². The Balaban J connectivity index is 1.65. The second-order valence-corrected chi connectivity index (χ2v) is 10.2. The smallest absolute Gasteiger partial charge is 0.221 e. The predicted molar refractivity (Wildman–Crippen MR) is 125 cm³/mol. The number of hydrogen-bond donors (Lipinski definition) is 1. The minimum atomic E-state index is -3.65. The van der Waals surface area contributed by atoms with E-state index in [1.54, 1.807) is 19.1 Å². The third-order valence-corrected chi connectivity index (χ3v) is 7.33. The quantitative estimate of drug-likeness (QED) is 0.555. The van der Waals surface area contributed by atoms with Crippen molar-refractivity contribution < 1.29 is 17.7 Å². The molecule has 0 saturated carbocycles. The number of carbonyl (C=O) groups is 1. The lowest BCUT2D eigenvalue weighted by Crippen LogP contribution is -2.25. The van der Waals surface area contributed by atoms with Crippen molar-refractivity contribution in [1.82, 2.24) is 10.5 Å². The molecule has 1 heterocycles. The molecule has 170 valence electrons. The van der Waals surface area contributed by atoms with Crippen LogP contribution < -0.4 is 10.2 Å². The highest BCUT2D eigenvalue weighted by atomic mass is 32.2. The van der Waals surface area contributed by atoms with Crippen LogP contribution in [0.2, 0.25) is 0 Å². The summed E-state index contributed by atoms with van der Waals surface area (Å²) in [6.07, 6.45) is -0.109. The lowest BCUT2D eigenvalue weighted by molar-refractivity contribution is -0.120. The third-order valence-electron chi connectivity index (χ3n) is 5.48. The molecule has 0 aliphatic heterocycles. The topological polar surface area (TPSA) is 92.5 Å². The van der Waals surface area contributed by atoms with E-state index in [1.807, 2.05) is 63.2 Å². The lowest BCUT2D eigenvalue weighted by Gasteiger charge is -2.13. The fourth-order valence-corrected chi connectivity index (χ4v) is 4.84. The average Bonchev–Trinajstić information content (AvgIpc) is 3.09. The summed E-state index contributed by atoms with van der Waals surface area (Å²) in [6, 6.07) is 13.0. The first kappa shape index (κ1) is 23.5. The molecule has 3 rings (SSSR count). The van der Waals surface area contributed by atoms with Crippen LogP contribution in [0.15, 0.2) is 51.9 Å². The van der Waals surface area contributed by atoms with Crippen LogP contribution in [0.1, 0.15) is 28.8 Å². The van der Waals surface area contributed by atoms with Crippen LogP contribution in [-0.4, -0.2) is 39.3 Å². The number of aromatic nitrogens is 1. The van der Waals surface area contributed by atoms with Crippen LogP contribution in [0.25, 0.3) is 11.3 Å². The number of hydrogen-bond acceptors (Lipinski definition) is 6. The SMILES string of the molecule is Cc1ccc(-c2onc(C)c2C)cc1S(=O)(=O)CCC(=O)NCc1ccc(N(C)C)cc1. The molecule has 0 saturated heterocycles. The maximum Gasteiger partial charge on any atom is 0.221 e. The van der Waals surface area contributed by atoms with Crippen LogP contribution in [0.3, 0.4) is 0 Å². The Morgan fingerprint density at radius 2 is 1.75 bits per heavy atom. The fraction of sp³-hybridized carbons (Fsp3) is 0.333. The Bertz CT molecular complexity index is 1210. The Morgan fingerprint density at radius 1 is 1.06 bits per heavy atom. The molecule has 0 spiro atoms. The molecule has 32 heavy (non-hydrogen) atoms. The van der Waals surface area contributed by atoms with Gasteiger partial charge < -0.3 is 14.7 Å². The number of nitrogens with one attached hydrogen (secondary N) is 1. The van der Waals surface area contributed by atoms with Crippen molar-refractivity contribution in [2.75, 3.05) is 24.7 Å². The van der Waals surface area contributed by atoms with E-state index in [0.29, 0.717) is 23.4 Å².